The number of phenolic OH excluding ortho intramolecular Hbond substituents is 2. The molecule has 0 radical (unpaired) electrons. The summed E-state index contributed by atoms with van der Waals surface area (Å²) in [5.74, 6) is 0.240. The first-order valence-electron chi connectivity index (χ1n) is 4.28. The molecule has 0 fully saturated rings. The Morgan fingerprint density at radius 3 is 2.54 bits per heavy atom. The van der Waals surface area contributed by atoms with Gasteiger partial charge in [0.05, 0.1) is 0 Å². The summed E-state index contributed by atoms with van der Waals surface area (Å²) in [5.41, 5.74) is 0.756. The molecule has 1 aromatic carbocycles. The lowest BCUT2D eigenvalue weighted by molar-refractivity contribution is 0.277. The second-order valence-electron chi connectivity index (χ2n) is 3.16. The molecule has 3 heteroatoms. The first-order chi connectivity index (χ1) is 6.15. The molecule has 0 saturated carbocycles. The van der Waals surface area contributed by atoms with Gasteiger partial charge >= 0.3 is 0 Å². The van der Waals surface area contributed by atoms with Crippen LogP contribution in [-0.2, 0) is 0 Å². The zero-order valence-electron chi connectivity index (χ0n) is 7.57. The van der Waals surface area contributed by atoms with Crippen molar-refractivity contribution in [2.45, 2.75) is 19.3 Å². The van der Waals surface area contributed by atoms with E-state index in [4.69, 9.17) is 10.2 Å². The van der Waals surface area contributed by atoms with Crippen LogP contribution in [0.25, 0.3) is 0 Å². The van der Waals surface area contributed by atoms with Crippen LogP contribution in [0.2, 0.25) is 0 Å². The number of hydrogen-bond donors (Lipinski definition) is 3. The summed E-state index contributed by atoms with van der Waals surface area (Å²) in [4.78, 5) is 0. The van der Waals surface area contributed by atoms with Crippen LogP contribution >= 0.6 is 0 Å². The summed E-state index contributed by atoms with van der Waals surface area (Å²) in [6, 6.07) is 4.51. The van der Waals surface area contributed by atoms with Crippen LogP contribution in [-0.4, -0.2) is 21.9 Å². The molecule has 1 atom stereocenters. The standard InChI is InChI=1S/C10H14O3/c1-7(4-5-11)9-3-2-8(12)6-10(9)13/h2-3,6-7,11-13H,4-5H2,1H3. The van der Waals surface area contributed by atoms with Crippen LogP contribution in [0.5, 0.6) is 11.5 Å². The van der Waals surface area contributed by atoms with E-state index in [0.717, 1.165) is 5.56 Å². The molecule has 0 saturated heterocycles. The third kappa shape index (κ3) is 2.36. The lowest BCUT2D eigenvalue weighted by atomic mass is 9.97. The van der Waals surface area contributed by atoms with Crippen molar-refractivity contribution in [3.8, 4) is 11.5 Å². The molecule has 0 spiro atoms. The molecule has 1 rings (SSSR count). The van der Waals surface area contributed by atoms with Gasteiger partial charge in [0.15, 0.2) is 0 Å². The summed E-state index contributed by atoms with van der Waals surface area (Å²) >= 11 is 0. The highest BCUT2D eigenvalue weighted by Crippen LogP contribution is 2.30. The fraction of sp³-hybridized carbons (Fsp3) is 0.400. The molecular formula is C10H14O3. The fourth-order valence-corrected chi connectivity index (χ4v) is 1.30. The van der Waals surface area contributed by atoms with Crippen LogP contribution in [0, 0.1) is 0 Å². The second kappa shape index (κ2) is 4.14. The van der Waals surface area contributed by atoms with Crippen molar-refractivity contribution in [2.24, 2.45) is 0 Å². The molecule has 1 aromatic rings. The van der Waals surface area contributed by atoms with Crippen molar-refractivity contribution in [1.29, 1.82) is 0 Å². The van der Waals surface area contributed by atoms with E-state index in [-0.39, 0.29) is 24.0 Å². The van der Waals surface area contributed by atoms with Crippen molar-refractivity contribution in [2.75, 3.05) is 6.61 Å². The van der Waals surface area contributed by atoms with Crippen LogP contribution in [0.15, 0.2) is 18.2 Å². The quantitative estimate of drug-likeness (QED) is 0.665. The van der Waals surface area contributed by atoms with Crippen molar-refractivity contribution in [3.05, 3.63) is 23.8 Å². The van der Waals surface area contributed by atoms with Crippen LogP contribution in [0.1, 0.15) is 24.8 Å². The molecule has 0 aliphatic rings. The molecule has 0 aliphatic carbocycles. The second-order valence-corrected chi connectivity index (χ2v) is 3.16. The predicted molar refractivity (Wildman–Crippen MR) is 49.9 cm³/mol. The molecule has 1 unspecified atom stereocenters. The van der Waals surface area contributed by atoms with Gasteiger partial charge in [-0.2, -0.15) is 0 Å². The predicted octanol–water partition coefficient (Wildman–Crippen LogP) is 1.58. The average Bonchev–Trinajstić information content (AvgIpc) is 2.04. The van der Waals surface area contributed by atoms with Crippen molar-refractivity contribution < 1.29 is 15.3 Å². The van der Waals surface area contributed by atoms with Gasteiger partial charge in [-0.3, -0.25) is 0 Å². The number of rotatable bonds is 3. The number of phenols is 2. The Labute approximate surface area is 77.3 Å². The third-order valence-electron chi connectivity index (χ3n) is 2.11. The topological polar surface area (TPSA) is 60.7 Å². The van der Waals surface area contributed by atoms with Gasteiger partial charge in [0.25, 0.3) is 0 Å². The Balaban J connectivity index is 2.88. The molecule has 0 aliphatic heterocycles. The largest absolute Gasteiger partial charge is 0.508 e. The van der Waals surface area contributed by atoms with Crippen LogP contribution < -0.4 is 0 Å². The van der Waals surface area contributed by atoms with E-state index >= 15 is 0 Å². The zero-order chi connectivity index (χ0) is 9.84. The number of aliphatic hydroxyl groups excluding tert-OH is 1. The number of benzene rings is 1. The van der Waals surface area contributed by atoms with Gasteiger partial charge in [0.2, 0.25) is 0 Å². The fourth-order valence-electron chi connectivity index (χ4n) is 1.30. The number of aromatic hydroxyl groups is 2. The Hall–Kier alpha value is -1.22. The maximum absolute atomic E-state index is 9.45. The Morgan fingerprint density at radius 2 is 2.00 bits per heavy atom. The summed E-state index contributed by atoms with van der Waals surface area (Å²) < 4.78 is 0. The summed E-state index contributed by atoms with van der Waals surface area (Å²) in [6.45, 7) is 2.02. The van der Waals surface area contributed by atoms with Gasteiger partial charge in [-0.1, -0.05) is 13.0 Å². The smallest absolute Gasteiger partial charge is 0.122 e. The van der Waals surface area contributed by atoms with E-state index < -0.39 is 0 Å². The van der Waals surface area contributed by atoms with Crippen LogP contribution in [0.3, 0.4) is 0 Å². The van der Waals surface area contributed by atoms with Crippen molar-refractivity contribution >= 4 is 0 Å². The number of hydrogen-bond acceptors (Lipinski definition) is 3. The van der Waals surface area contributed by atoms with Crippen molar-refractivity contribution in [3.63, 3.8) is 0 Å². The molecule has 13 heavy (non-hydrogen) atoms. The van der Waals surface area contributed by atoms with Gasteiger partial charge in [-0.15, -0.1) is 0 Å². The average molecular weight is 182 g/mol. The highest BCUT2D eigenvalue weighted by molar-refractivity contribution is 5.40. The van der Waals surface area contributed by atoms with Gasteiger partial charge in [0.1, 0.15) is 11.5 Å². The van der Waals surface area contributed by atoms with Gasteiger partial charge in [-0.05, 0) is 24.0 Å². The molecule has 0 bridgehead atoms. The van der Waals surface area contributed by atoms with Crippen LogP contribution in [0.4, 0.5) is 0 Å². The SMILES string of the molecule is CC(CCO)c1ccc(O)cc1O. The third-order valence-corrected chi connectivity index (χ3v) is 2.11. The number of aliphatic hydroxyl groups is 1. The summed E-state index contributed by atoms with van der Waals surface area (Å²) in [7, 11) is 0. The highest BCUT2D eigenvalue weighted by atomic mass is 16.3. The molecular weight excluding hydrogens is 168 g/mol. The molecule has 72 valence electrons. The normalized spacial score (nSPS) is 12.8. The van der Waals surface area contributed by atoms with Gasteiger partial charge in [0, 0.05) is 12.7 Å². The summed E-state index contributed by atoms with van der Waals surface area (Å²) in [6.07, 6.45) is 0.609. The van der Waals surface area contributed by atoms with Gasteiger partial charge < -0.3 is 15.3 Å². The minimum absolute atomic E-state index is 0.0532. The molecule has 0 heterocycles. The maximum atomic E-state index is 9.45. The molecule has 0 amide bonds. The highest BCUT2D eigenvalue weighted by Gasteiger charge is 2.09. The van der Waals surface area contributed by atoms with E-state index in [1.54, 1.807) is 6.07 Å². The maximum Gasteiger partial charge on any atom is 0.122 e. The minimum atomic E-state index is 0.0532. The van der Waals surface area contributed by atoms with E-state index in [1.807, 2.05) is 6.92 Å². The van der Waals surface area contributed by atoms with E-state index in [9.17, 15) is 5.11 Å². The first kappa shape index (κ1) is 9.86. The first-order valence-corrected chi connectivity index (χ1v) is 4.28. The minimum Gasteiger partial charge on any atom is -0.508 e. The zero-order valence-corrected chi connectivity index (χ0v) is 7.57. The lowest BCUT2D eigenvalue weighted by Gasteiger charge is -2.11. The Kier molecular flexibility index (Phi) is 3.14. The Morgan fingerprint density at radius 1 is 1.31 bits per heavy atom. The molecule has 3 N–H and O–H groups in total. The monoisotopic (exact) mass is 182 g/mol. The van der Waals surface area contributed by atoms with E-state index in [1.165, 1.54) is 12.1 Å². The summed E-state index contributed by atoms with van der Waals surface area (Å²) in [5, 5.41) is 27.2. The molecule has 0 aromatic heterocycles. The van der Waals surface area contributed by atoms with E-state index in [2.05, 4.69) is 0 Å². The van der Waals surface area contributed by atoms with Crippen molar-refractivity contribution in [1.82, 2.24) is 0 Å². The molecule has 3 nitrogen and oxygen atoms in total. The van der Waals surface area contributed by atoms with E-state index in [0.29, 0.717) is 6.42 Å². The van der Waals surface area contributed by atoms with Gasteiger partial charge in [-0.25, -0.2) is 0 Å². The lowest BCUT2D eigenvalue weighted by Crippen LogP contribution is -1.96. The Bertz CT molecular complexity index is 283.